The van der Waals surface area contributed by atoms with Crippen molar-refractivity contribution in [3.63, 3.8) is 0 Å². The van der Waals surface area contributed by atoms with Gasteiger partial charge in [0.1, 0.15) is 0 Å². The smallest absolute Gasteiger partial charge is 0.339 e. The van der Waals surface area contributed by atoms with Crippen LogP contribution in [0.15, 0.2) is 29.4 Å². The zero-order chi connectivity index (χ0) is 19.3. The first-order valence-electron chi connectivity index (χ1n) is 8.47. The minimum atomic E-state index is -0.479. The van der Waals surface area contributed by atoms with Gasteiger partial charge in [0.2, 0.25) is 5.91 Å². The Morgan fingerprint density at radius 2 is 1.96 bits per heavy atom. The number of methoxy groups -OCH3 is 1. The first kappa shape index (κ1) is 20.0. The van der Waals surface area contributed by atoms with Crippen LogP contribution in [0.5, 0.6) is 0 Å². The van der Waals surface area contributed by atoms with Crippen molar-refractivity contribution >= 4 is 29.3 Å². The van der Waals surface area contributed by atoms with E-state index in [4.69, 9.17) is 4.74 Å². The minimum absolute atomic E-state index is 0.194. The molecule has 1 aromatic carbocycles. The van der Waals surface area contributed by atoms with Gasteiger partial charge in [-0.15, -0.1) is 0 Å². The summed E-state index contributed by atoms with van der Waals surface area (Å²) in [5.41, 5.74) is 2.88. The van der Waals surface area contributed by atoms with Gasteiger partial charge in [-0.1, -0.05) is 37.7 Å². The van der Waals surface area contributed by atoms with E-state index in [9.17, 15) is 9.59 Å². The largest absolute Gasteiger partial charge is 0.465 e. The molecule has 0 saturated heterocycles. The molecule has 1 aromatic heterocycles. The van der Waals surface area contributed by atoms with Crippen LogP contribution in [0.2, 0.25) is 0 Å². The molecule has 7 heteroatoms. The van der Waals surface area contributed by atoms with Crippen molar-refractivity contribution in [1.82, 2.24) is 9.55 Å². The quantitative estimate of drug-likeness (QED) is 0.590. The fraction of sp³-hybridized carbons (Fsp3) is 0.421. The van der Waals surface area contributed by atoms with Crippen LogP contribution in [-0.4, -0.2) is 34.3 Å². The molecule has 0 aliphatic heterocycles. The third-order valence-electron chi connectivity index (χ3n) is 3.91. The van der Waals surface area contributed by atoms with Gasteiger partial charge in [0.25, 0.3) is 0 Å². The molecule has 1 heterocycles. The molecular weight excluding hydrogens is 350 g/mol. The predicted molar refractivity (Wildman–Crippen MR) is 104 cm³/mol. The molecule has 0 spiro atoms. The summed E-state index contributed by atoms with van der Waals surface area (Å²) in [5, 5.41) is 3.62. The number of benzene rings is 1. The summed E-state index contributed by atoms with van der Waals surface area (Å²) in [6.45, 7) is 9.19. The number of hydrogen-bond donors (Lipinski definition) is 1. The minimum Gasteiger partial charge on any atom is -0.465 e. The second kappa shape index (κ2) is 8.89. The number of carbonyl (C=O) groups excluding carboxylic acids is 2. The monoisotopic (exact) mass is 375 g/mol. The number of hydrogen-bond acceptors (Lipinski definition) is 5. The number of para-hydroxylation sites is 1. The van der Waals surface area contributed by atoms with Crippen molar-refractivity contribution in [2.45, 2.75) is 39.4 Å². The molecule has 0 aliphatic rings. The molecule has 2 aromatic rings. The zero-order valence-electron chi connectivity index (χ0n) is 15.8. The Balaban J connectivity index is 2.07. The second-order valence-electron chi connectivity index (χ2n) is 6.44. The summed E-state index contributed by atoms with van der Waals surface area (Å²) in [4.78, 5) is 28.7. The number of aryl methyl sites for hydroxylation is 1. The van der Waals surface area contributed by atoms with E-state index >= 15 is 0 Å². The number of amides is 1. The Labute approximate surface area is 158 Å². The number of ether oxygens (including phenoxy) is 1. The van der Waals surface area contributed by atoms with E-state index in [2.05, 4.69) is 28.7 Å². The van der Waals surface area contributed by atoms with Crippen LogP contribution in [0.25, 0.3) is 0 Å². The van der Waals surface area contributed by atoms with E-state index in [-0.39, 0.29) is 11.7 Å². The van der Waals surface area contributed by atoms with E-state index in [1.807, 2.05) is 13.8 Å². The molecule has 0 saturated carbocycles. The third kappa shape index (κ3) is 4.88. The van der Waals surface area contributed by atoms with Crippen molar-refractivity contribution in [2.75, 3.05) is 18.2 Å². The predicted octanol–water partition coefficient (Wildman–Crippen LogP) is 3.67. The highest BCUT2D eigenvalue weighted by Crippen LogP contribution is 2.23. The molecule has 0 bridgehead atoms. The van der Waals surface area contributed by atoms with Crippen LogP contribution in [0, 0.1) is 19.8 Å². The number of rotatable bonds is 7. The molecule has 6 nitrogen and oxygen atoms in total. The zero-order valence-corrected chi connectivity index (χ0v) is 16.6. The maximum absolute atomic E-state index is 12.4. The van der Waals surface area contributed by atoms with E-state index in [1.54, 1.807) is 24.3 Å². The highest BCUT2D eigenvalue weighted by atomic mass is 32.2. The average Bonchev–Trinajstić information content (AvgIpc) is 2.87. The molecule has 1 N–H and O–H groups in total. The van der Waals surface area contributed by atoms with Gasteiger partial charge >= 0.3 is 5.97 Å². The summed E-state index contributed by atoms with van der Waals surface area (Å²) in [6, 6.07) is 6.79. The number of esters is 1. The van der Waals surface area contributed by atoms with Crippen molar-refractivity contribution in [3.05, 3.63) is 41.2 Å². The molecule has 0 fully saturated rings. The van der Waals surface area contributed by atoms with Gasteiger partial charge in [0, 0.05) is 12.2 Å². The van der Waals surface area contributed by atoms with Crippen molar-refractivity contribution in [3.8, 4) is 0 Å². The topological polar surface area (TPSA) is 73.2 Å². The summed E-state index contributed by atoms with van der Waals surface area (Å²) in [7, 11) is 1.32. The molecule has 0 aliphatic carbocycles. The van der Waals surface area contributed by atoms with Crippen LogP contribution in [0.1, 0.15) is 35.6 Å². The van der Waals surface area contributed by atoms with Gasteiger partial charge in [0.05, 0.1) is 29.8 Å². The second-order valence-corrected chi connectivity index (χ2v) is 7.39. The Bertz CT molecular complexity index is 799. The number of thioether (sulfide) groups is 1. The molecule has 0 unspecified atom stereocenters. The normalized spacial score (nSPS) is 10.8. The SMILES string of the molecule is COC(=O)c1ccccc1NC(=O)CSc1nc(C)c(C)n1CC(C)C. The maximum atomic E-state index is 12.4. The van der Waals surface area contributed by atoms with Gasteiger partial charge in [-0.2, -0.15) is 0 Å². The number of anilines is 1. The fourth-order valence-electron chi connectivity index (χ4n) is 2.51. The summed E-state index contributed by atoms with van der Waals surface area (Å²) in [6.07, 6.45) is 0. The molecule has 2 rings (SSSR count). The first-order chi connectivity index (χ1) is 12.3. The van der Waals surface area contributed by atoms with Gasteiger partial charge in [-0.05, 0) is 31.9 Å². The maximum Gasteiger partial charge on any atom is 0.339 e. The lowest BCUT2D eigenvalue weighted by atomic mass is 10.2. The van der Waals surface area contributed by atoms with Crippen molar-refractivity contribution in [1.29, 1.82) is 0 Å². The van der Waals surface area contributed by atoms with E-state index in [1.165, 1.54) is 18.9 Å². The molecule has 0 atom stereocenters. The highest BCUT2D eigenvalue weighted by molar-refractivity contribution is 7.99. The van der Waals surface area contributed by atoms with E-state index < -0.39 is 5.97 Å². The highest BCUT2D eigenvalue weighted by Gasteiger charge is 2.16. The van der Waals surface area contributed by atoms with Crippen LogP contribution in [-0.2, 0) is 16.1 Å². The van der Waals surface area contributed by atoms with Crippen LogP contribution >= 0.6 is 11.8 Å². The lowest BCUT2D eigenvalue weighted by Crippen LogP contribution is -2.17. The number of nitrogens with zero attached hydrogens (tertiary/aromatic N) is 2. The number of imidazole rings is 1. The summed E-state index contributed by atoms with van der Waals surface area (Å²) < 4.78 is 6.90. The molecular formula is C19H25N3O3S. The number of carbonyl (C=O) groups is 2. The third-order valence-corrected chi connectivity index (χ3v) is 4.89. The van der Waals surface area contributed by atoms with Gasteiger partial charge < -0.3 is 14.6 Å². The van der Waals surface area contributed by atoms with Gasteiger partial charge in [0.15, 0.2) is 5.16 Å². The lowest BCUT2D eigenvalue weighted by Gasteiger charge is -2.12. The van der Waals surface area contributed by atoms with Crippen molar-refractivity contribution < 1.29 is 14.3 Å². The molecule has 26 heavy (non-hydrogen) atoms. The first-order valence-corrected chi connectivity index (χ1v) is 9.45. The number of aromatic nitrogens is 2. The Hall–Kier alpha value is -2.28. The van der Waals surface area contributed by atoms with Gasteiger partial charge in [-0.25, -0.2) is 9.78 Å². The van der Waals surface area contributed by atoms with E-state index in [0.29, 0.717) is 17.2 Å². The molecule has 0 radical (unpaired) electrons. The molecule has 1 amide bonds. The Morgan fingerprint density at radius 3 is 2.62 bits per heavy atom. The Kier molecular flexibility index (Phi) is 6.85. The standard InChI is InChI=1S/C19H25N3O3S/c1-12(2)10-22-14(4)13(3)20-19(22)26-11-17(23)21-16-9-7-6-8-15(16)18(24)25-5/h6-9,12H,10-11H2,1-5H3,(H,21,23). The van der Waals surface area contributed by atoms with Gasteiger partial charge in [-0.3, -0.25) is 4.79 Å². The van der Waals surface area contributed by atoms with Crippen LogP contribution < -0.4 is 5.32 Å². The van der Waals surface area contributed by atoms with Crippen molar-refractivity contribution in [2.24, 2.45) is 5.92 Å². The fourth-order valence-corrected chi connectivity index (χ4v) is 3.41. The number of nitrogens with one attached hydrogen (secondary N) is 1. The van der Waals surface area contributed by atoms with E-state index in [0.717, 1.165) is 23.1 Å². The lowest BCUT2D eigenvalue weighted by molar-refractivity contribution is -0.113. The average molecular weight is 375 g/mol. The summed E-state index contributed by atoms with van der Waals surface area (Å²) >= 11 is 1.40. The summed E-state index contributed by atoms with van der Waals surface area (Å²) in [5.74, 6) is 0.0270. The van der Waals surface area contributed by atoms with Crippen LogP contribution in [0.4, 0.5) is 5.69 Å². The Morgan fingerprint density at radius 1 is 1.27 bits per heavy atom. The van der Waals surface area contributed by atoms with Crippen LogP contribution in [0.3, 0.4) is 0 Å². The molecule has 140 valence electrons.